The number of hydrogen-bond donors (Lipinski definition) is 1. The second-order valence-corrected chi connectivity index (χ2v) is 4.80. The SMILES string of the molecule is O=C(NCCc1nc(-c2cccnc2)no1)[C@H]1CCCO1. The highest BCUT2D eigenvalue weighted by Crippen LogP contribution is 2.14. The summed E-state index contributed by atoms with van der Waals surface area (Å²) in [6.07, 6.45) is 5.27. The highest BCUT2D eigenvalue weighted by Gasteiger charge is 2.23. The predicted molar refractivity (Wildman–Crippen MR) is 73.2 cm³/mol. The smallest absolute Gasteiger partial charge is 0.249 e. The third-order valence-corrected chi connectivity index (χ3v) is 3.25. The molecule has 110 valence electrons. The van der Waals surface area contributed by atoms with E-state index in [0.29, 0.717) is 31.3 Å². The normalized spacial score (nSPS) is 17.8. The van der Waals surface area contributed by atoms with Crippen molar-refractivity contribution in [3.8, 4) is 11.4 Å². The number of pyridine rings is 1. The Morgan fingerprint density at radius 3 is 3.19 bits per heavy atom. The van der Waals surface area contributed by atoms with Crippen LogP contribution < -0.4 is 5.32 Å². The Balaban J connectivity index is 1.50. The van der Waals surface area contributed by atoms with Crippen LogP contribution in [0.2, 0.25) is 0 Å². The fourth-order valence-corrected chi connectivity index (χ4v) is 2.16. The average molecular weight is 288 g/mol. The molecular weight excluding hydrogens is 272 g/mol. The number of carbonyl (C=O) groups excluding carboxylic acids is 1. The molecule has 1 aliphatic heterocycles. The van der Waals surface area contributed by atoms with E-state index >= 15 is 0 Å². The molecule has 0 radical (unpaired) electrons. The number of rotatable bonds is 5. The minimum Gasteiger partial charge on any atom is -0.368 e. The van der Waals surface area contributed by atoms with Crippen LogP contribution in [0.15, 0.2) is 29.0 Å². The van der Waals surface area contributed by atoms with Crippen molar-refractivity contribution >= 4 is 5.91 Å². The molecule has 7 heteroatoms. The van der Waals surface area contributed by atoms with Crippen molar-refractivity contribution in [2.24, 2.45) is 0 Å². The highest BCUT2D eigenvalue weighted by molar-refractivity contribution is 5.80. The molecule has 1 N–H and O–H groups in total. The fraction of sp³-hybridized carbons (Fsp3) is 0.429. The number of aromatic nitrogens is 3. The summed E-state index contributed by atoms with van der Waals surface area (Å²) in [7, 11) is 0. The van der Waals surface area contributed by atoms with Gasteiger partial charge < -0.3 is 14.6 Å². The Labute approximate surface area is 121 Å². The second-order valence-electron chi connectivity index (χ2n) is 4.80. The minimum atomic E-state index is -0.307. The van der Waals surface area contributed by atoms with E-state index in [1.54, 1.807) is 12.4 Å². The van der Waals surface area contributed by atoms with Gasteiger partial charge in [-0.1, -0.05) is 5.16 Å². The van der Waals surface area contributed by atoms with E-state index in [2.05, 4.69) is 20.4 Å². The van der Waals surface area contributed by atoms with E-state index in [0.717, 1.165) is 18.4 Å². The quantitative estimate of drug-likeness (QED) is 0.881. The maximum absolute atomic E-state index is 11.8. The van der Waals surface area contributed by atoms with Crippen molar-refractivity contribution in [2.45, 2.75) is 25.4 Å². The van der Waals surface area contributed by atoms with Gasteiger partial charge in [0.05, 0.1) is 0 Å². The molecular formula is C14H16N4O3. The van der Waals surface area contributed by atoms with Gasteiger partial charge in [0.25, 0.3) is 0 Å². The molecule has 0 saturated carbocycles. The summed E-state index contributed by atoms with van der Waals surface area (Å²) in [5.41, 5.74) is 0.802. The maximum atomic E-state index is 11.8. The van der Waals surface area contributed by atoms with Crippen LogP contribution in [0, 0.1) is 0 Å². The molecule has 2 aromatic heterocycles. The Kier molecular flexibility index (Phi) is 4.20. The van der Waals surface area contributed by atoms with E-state index in [1.165, 1.54) is 0 Å². The Morgan fingerprint density at radius 1 is 1.48 bits per heavy atom. The van der Waals surface area contributed by atoms with Crippen LogP contribution in [0.3, 0.4) is 0 Å². The first-order chi connectivity index (χ1) is 10.3. The number of carbonyl (C=O) groups is 1. The van der Waals surface area contributed by atoms with E-state index in [9.17, 15) is 4.79 Å². The molecule has 7 nitrogen and oxygen atoms in total. The number of hydrogen-bond acceptors (Lipinski definition) is 6. The van der Waals surface area contributed by atoms with Crippen molar-refractivity contribution in [1.29, 1.82) is 0 Å². The molecule has 1 fully saturated rings. The number of nitrogens with zero attached hydrogens (tertiary/aromatic N) is 3. The van der Waals surface area contributed by atoms with Gasteiger partial charge in [0.1, 0.15) is 6.10 Å². The summed E-state index contributed by atoms with van der Waals surface area (Å²) in [5, 5.41) is 6.72. The summed E-state index contributed by atoms with van der Waals surface area (Å²) in [5.74, 6) is 0.921. The summed E-state index contributed by atoms with van der Waals surface area (Å²) in [6, 6.07) is 3.67. The lowest BCUT2D eigenvalue weighted by Gasteiger charge is -2.08. The molecule has 1 aliphatic rings. The van der Waals surface area contributed by atoms with Crippen molar-refractivity contribution in [2.75, 3.05) is 13.2 Å². The number of nitrogens with one attached hydrogen (secondary N) is 1. The first-order valence-corrected chi connectivity index (χ1v) is 6.95. The van der Waals surface area contributed by atoms with Crippen LogP contribution in [0.25, 0.3) is 11.4 Å². The third-order valence-electron chi connectivity index (χ3n) is 3.25. The Bertz CT molecular complexity index is 593. The lowest BCUT2D eigenvalue weighted by molar-refractivity contribution is -0.130. The van der Waals surface area contributed by atoms with Crippen LogP contribution in [0.1, 0.15) is 18.7 Å². The van der Waals surface area contributed by atoms with Gasteiger partial charge in [-0.3, -0.25) is 9.78 Å². The molecule has 2 aromatic rings. The molecule has 0 aromatic carbocycles. The third kappa shape index (κ3) is 3.43. The maximum Gasteiger partial charge on any atom is 0.249 e. The molecule has 0 unspecified atom stereocenters. The van der Waals surface area contributed by atoms with E-state index in [1.807, 2.05) is 12.1 Å². The van der Waals surface area contributed by atoms with Crippen molar-refractivity contribution in [1.82, 2.24) is 20.4 Å². The molecule has 0 aliphatic carbocycles. The summed E-state index contributed by atoms with van der Waals surface area (Å²) in [6.45, 7) is 1.11. The zero-order valence-corrected chi connectivity index (χ0v) is 11.5. The minimum absolute atomic E-state index is 0.0699. The highest BCUT2D eigenvalue weighted by atomic mass is 16.5. The molecule has 1 atom stereocenters. The summed E-state index contributed by atoms with van der Waals surface area (Å²) in [4.78, 5) is 20.0. The largest absolute Gasteiger partial charge is 0.368 e. The van der Waals surface area contributed by atoms with E-state index < -0.39 is 0 Å². The zero-order valence-electron chi connectivity index (χ0n) is 11.5. The summed E-state index contributed by atoms with van der Waals surface area (Å²) < 4.78 is 10.5. The fourth-order valence-electron chi connectivity index (χ4n) is 2.16. The molecule has 0 spiro atoms. The van der Waals surface area contributed by atoms with Crippen LogP contribution in [-0.4, -0.2) is 40.3 Å². The van der Waals surface area contributed by atoms with E-state index in [-0.39, 0.29) is 12.0 Å². The standard InChI is InChI=1S/C14H16N4O3/c19-14(11-4-2-8-20-11)16-7-5-12-17-13(18-21-12)10-3-1-6-15-9-10/h1,3,6,9,11H,2,4-5,7-8H2,(H,16,19)/t11-/m1/s1. The van der Waals surface area contributed by atoms with Gasteiger partial charge in [-0.25, -0.2) is 0 Å². The second kappa shape index (κ2) is 6.45. The van der Waals surface area contributed by atoms with Gasteiger partial charge >= 0.3 is 0 Å². The van der Waals surface area contributed by atoms with Crippen LogP contribution in [-0.2, 0) is 16.0 Å². The average Bonchev–Trinajstić information content (AvgIpc) is 3.20. The van der Waals surface area contributed by atoms with Crippen molar-refractivity contribution in [3.63, 3.8) is 0 Å². The van der Waals surface area contributed by atoms with Crippen LogP contribution in [0.4, 0.5) is 0 Å². The molecule has 3 rings (SSSR count). The van der Waals surface area contributed by atoms with Crippen molar-refractivity contribution in [3.05, 3.63) is 30.4 Å². The predicted octanol–water partition coefficient (Wildman–Crippen LogP) is 0.969. The molecule has 1 saturated heterocycles. The molecule has 21 heavy (non-hydrogen) atoms. The Morgan fingerprint density at radius 2 is 2.43 bits per heavy atom. The van der Waals surface area contributed by atoms with Gasteiger partial charge in [0.15, 0.2) is 0 Å². The molecule has 1 amide bonds. The first-order valence-electron chi connectivity index (χ1n) is 6.95. The Hall–Kier alpha value is -2.28. The first kappa shape index (κ1) is 13.7. The van der Waals surface area contributed by atoms with Crippen molar-refractivity contribution < 1.29 is 14.1 Å². The van der Waals surface area contributed by atoms with Crippen LogP contribution in [0.5, 0.6) is 0 Å². The summed E-state index contributed by atoms with van der Waals surface area (Å²) >= 11 is 0. The number of ether oxygens (including phenoxy) is 1. The topological polar surface area (TPSA) is 90.1 Å². The van der Waals surface area contributed by atoms with Gasteiger partial charge in [0.2, 0.25) is 17.6 Å². The monoisotopic (exact) mass is 288 g/mol. The lowest BCUT2D eigenvalue weighted by atomic mass is 10.2. The van der Waals surface area contributed by atoms with Gasteiger partial charge in [0, 0.05) is 37.5 Å². The van der Waals surface area contributed by atoms with Crippen LogP contribution >= 0.6 is 0 Å². The van der Waals surface area contributed by atoms with E-state index in [4.69, 9.17) is 9.26 Å². The molecule has 0 bridgehead atoms. The zero-order chi connectivity index (χ0) is 14.5. The van der Waals surface area contributed by atoms with Gasteiger partial charge in [-0.15, -0.1) is 0 Å². The van der Waals surface area contributed by atoms with Gasteiger partial charge in [-0.2, -0.15) is 4.98 Å². The van der Waals surface area contributed by atoms with Gasteiger partial charge in [-0.05, 0) is 25.0 Å². The molecule has 3 heterocycles. The number of amides is 1. The lowest BCUT2D eigenvalue weighted by Crippen LogP contribution is -2.35.